The molecule has 0 bridgehead atoms. The molecule has 0 aliphatic carbocycles. The maximum atomic E-state index is 12.9. The minimum absolute atomic E-state index is 0.0843. The molecule has 32 heavy (non-hydrogen) atoms. The molecule has 2 N–H and O–H groups in total. The van der Waals surface area contributed by atoms with Crippen molar-refractivity contribution in [2.24, 2.45) is 0 Å². The van der Waals surface area contributed by atoms with Crippen LogP contribution in [0, 0.1) is 0 Å². The van der Waals surface area contributed by atoms with Crippen molar-refractivity contribution in [3.63, 3.8) is 0 Å². The number of anilines is 2. The van der Waals surface area contributed by atoms with Gasteiger partial charge in [0.2, 0.25) is 0 Å². The number of carbonyl (C=O) groups is 2. The summed E-state index contributed by atoms with van der Waals surface area (Å²) in [6.07, 6.45) is 5.44. The molecular weight excluding hydrogens is 406 g/mol. The number of nitrogens with one attached hydrogen (secondary N) is 2. The highest BCUT2D eigenvalue weighted by molar-refractivity contribution is 6.13. The predicted molar refractivity (Wildman–Crippen MR) is 124 cm³/mol. The number of benzene rings is 1. The van der Waals surface area contributed by atoms with E-state index in [2.05, 4.69) is 20.6 Å². The molecule has 2 aromatic heterocycles. The van der Waals surface area contributed by atoms with Crippen molar-refractivity contribution in [1.29, 1.82) is 0 Å². The zero-order chi connectivity index (χ0) is 22.7. The Balaban J connectivity index is 1.51. The molecule has 166 valence electrons. The lowest BCUT2D eigenvalue weighted by Gasteiger charge is -2.24. The molecule has 0 saturated carbocycles. The first-order chi connectivity index (χ1) is 15.3. The fourth-order valence-corrected chi connectivity index (χ4v) is 3.71. The van der Waals surface area contributed by atoms with Crippen molar-refractivity contribution in [3.8, 4) is 0 Å². The van der Waals surface area contributed by atoms with Crippen molar-refractivity contribution in [1.82, 2.24) is 14.9 Å². The third-order valence-electron chi connectivity index (χ3n) is 5.13. The number of likely N-dealkylation sites (tertiary alicyclic amines) is 1. The summed E-state index contributed by atoms with van der Waals surface area (Å²) in [5.41, 5.74) is 2.08. The number of carbonyl (C=O) groups excluding carboxylic acids is 2. The van der Waals surface area contributed by atoms with Gasteiger partial charge < -0.3 is 20.3 Å². The number of amides is 2. The van der Waals surface area contributed by atoms with Crippen LogP contribution in [0.15, 0.2) is 55.0 Å². The lowest BCUT2D eigenvalue weighted by atomic mass is 10.1. The van der Waals surface area contributed by atoms with Crippen LogP contribution in [0.3, 0.4) is 0 Å². The van der Waals surface area contributed by atoms with Crippen LogP contribution in [-0.2, 0) is 4.74 Å². The average Bonchev–Trinajstić information content (AvgIpc) is 3.22. The van der Waals surface area contributed by atoms with Gasteiger partial charge in [-0.2, -0.15) is 0 Å². The second-order valence-corrected chi connectivity index (χ2v) is 8.81. The Kier molecular flexibility index (Phi) is 5.94. The Morgan fingerprint density at radius 1 is 1.12 bits per heavy atom. The zero-order valence-electron chi connectivity index (χ0n) is 18.5. The van der Waals surface area contributed by atoms with Gasteiger partial charge in [0, 0.05) is 42.6 Å². The molecule has 1 aromatic carbocycles. The molecule has 8 heteroatoms. The molecule has 0 radical (unpaired) electrons. The predicted octanol–water partition coefficient (Wildman–Crippen LogP) is 4.30. The number of hydrogen-bond acceptors (Lipinski definition) is 6. The van der Waals surface area contributed by atoms with Crippen molar-refractivity contribution in [2.45, 2.75) is 38.8 Å². The van der Waals surface area contributed by atoms with Gasteiger partial charge in [-0.1, -0.05) is 0 Å². The first-order valence-electron chi connectivity index (χ1n) is 10.6. The van der Waals surface area contributed by atoms with Gasteiger partial charge in [-0.3, -0.25) is 14.8 Å². The van der Waals surface area contributed by atoms with Crippen LogP contribution < -0.4 is 10.6 Å². The summed E-state index contributed by atoms with van der Waals surface area (Å²) >= 11 is 0. The van der Waals surface area contributed by atoms with Gasteiger partial charge in [-0.15, -0.1) is 0 Å². The van der Waals surface area contributed by atoms with Crippen LogP contribution in [0.4, 0.5) is 16.2 Å². The first kappa shape index (κ1) is 21.5. The van der Waals surface area contributed by atoms with E-state index in [1.54, 1.807) is 41.7 Å². The van der Waals surface area contributed by atoms with E-state index in [1.165, 1.54) is 0 Å². The monoisotopic (exact) mass is 433 g/mol. The number of nitrogens with zero attached hydrogens (tertiary/aromatic N) is 3. The Hall–Kier alpha value is -3.68. The van der Waals surface area contributed by atoms with Crippen LogP contribution in [-0.4, -0.2) is 51.6 Å². The maximum Gasteiger partial charge on any atom is 0.410 e. The molecule has 4 rings (SSSR count). The van der Waals surface area contributed by atoms with E-state index in [4.69, 9.17) is 4.74 Å². The average molecular weight is 434 g/mol. The lowest BCUT2D eigenvalue weighted by molar-refractivity contribution is 0.0293. The van der Waals surface area contributed by atoms with E-state index in [0.29, 0.717) is 29.9 Å². The molecule has 0 spiro atoms. The molecule has 2 amide bonds. The second-order valence-electron chi connectivity index (χ2n) is 8.81. The van der Waals surface area contributed by atoms with Gasteiger partial charge in [-0.25, -0.2) is 4.79 Å². The Bertz CT molecular complexity index is 1130. The smallest absolute Gasteiger partial charge is 0.410 e. The van der Waals surface area contributed by atoms with E-state index in [0.717, 1.165) is 17.5 Å². The summed E-state index contributed by atoms with van der Waals surface area (Å²) < 4.78 is 5.48. The fourth-order valence-electron chi connectivity index (χ4n) is 3.71. The quantitative estimate of drug-likeness (QED) is 0.637. The van der Waals surface area contributed by atoms with Crippen LogP contribution in [0.1, 0.15) is 37.6 Å². The maximum absolute atomic E-state index is 12.9. The molecule has 8 nitrogen and oxygen atoms in total. The lowest BCUT2D eigenvalue weighted by Crippen LogP contribution is -2.36. The number of rotatable bonds is 4. The van der Waals surface area contributed by atoms with E-state index < -0.39 is 5.60 Å². The standard InChI is InChI=1S/C24H27N5O3/c1-24(2,3)32-23(31)29-13-10-17(15-29)27-20-9-8-19(21-18(20)7-5-12-26-21)22(30)28-16-6-4-11-25-14-16/h4-9,11-12,14,17,27H,10,13,15H2,1-3H3,(H,28,30)/t17-/m0/s1. The number of aromatic nitrogens is 2. The third kappa shape index (κ3) is 4.96. The highest BCUT2D eigenvalue weighted by atomic mass is 16.6. The number of fused-ring (bicyclic) bond motifs is 1. The highest BCUT2D eigenvalue weighted by Gasteiger charge is 2.30. The number of pyridine rings is 2. The normalized spacial score (nSPS) is 16.1. The van der Waals surface area contributed by atoms with Crippen LogP contribution in [0.25, 0.3) is 10.9 Å². The molecule has 3 aromatic rings. The van der Waals surface area contributed by atoms with Crippen molar-refractivity contribution < 1.29 is 14.3 Å². The summed E-state index contributed by atoms with van der Waals surface area (Å²) in [7, 11) is 0. The molecule has 1 aliphatic heterocycles. The van der Waals surface area contributed by atoms with E-state index in [9.17, 15) is 9.59 Å². The van der Waals surface area contributed by atoms with Crippen LogP contribution in [0.2, 0.25) is 0 Å². The van der Waals surface area contributed by atoms with Gasteiger partial charge in [0.1, 0.15) is 5.60 Å². The van der Waals surface area contributed by atoms with Gasteiger partial charge >= 0.3 is 6.09 Å². The molecule has 1 aliphatic rings. The molecule has 1 fully saturated rings. The molecule has 0 unspecified atom stereocenters. The zero-order valence-corrected chi connectivity index (χ0v) is 18.5. The fraction of sp³-hybridized carbons (Fsp3) is 0.333. The molecule has 1 atom stereocenters. The van der Waals surface area contributed by atoms with Crippen molar-refractivity contribution in [2.75, 3.05) is 23.7 Å². The van der Waals surface area contributed by atoms with Gasteiger partial charge in [-0.05, 0) is 63.6 Å². The molecule has 3 heterocycles. The highest BCUT2D eigenvalue weighted by Crippen LogP contribution is 2.28. The first-order valence-corrected chi connectivity index (χ1v) is 10.6. The van der Waals surface area contributed by atoms with Crippen molar-refractivity contribution in [3.05, 3.63) is 60.6 Å². The number of ether oxygens (including phenoxy) is 1. The van der Waals surface area contributed by atoms with Gasteiger partial charge in [0.15, 0.2) is 0 Å². The van der Waals surface area contributed by atoms with Crippen LogP contribution in [0.5, 0.6) is 0 Å². The summed E-state index contributed by atoms with van der Waals surface area (Å²) in [6, 6.07) is 11.1. The van der Waals surface area contributed by atoms with E-state index in [1.807, 2.05) is 39.0 Å². The third-order valence-corrected chi connectivity index (χ3v) is 5.13. The molecule has 1 saturated heterocycles. The summed E-state index contributed by atoms with van der Waals surface area (Å²) in [6.45, 7) is 6.78. The minimum Gasteiger partial charge on any atom is -0.444 e. The van der Waals surface area contributed by atoms with Gasteiger partial charge in [0.25, 0.3) is 5.91 Å². The SMILES string of the molecule is CC(C)(C)OC(=O)N1CC[C@H](Nc2ccc(C(=O)Nc3cccnc3)c3ncccc23)C1. The summed E-state index contributed by atoms with van der Waals surface area (Å²) in [5.74, 6) is -0.245. The summed E-state index contributed by atoms with van der Waals surface area (Å²) in [4.78, 5) is 35.4. The molecular formula is C24H27N5O3. The van der Waals surface area contributed by atoms with Crippen LogP contribution >= 0.6 is 0 Å². The van der Waals surface area contributed by atoms with Gasteiger partial charge in [0.05, 0.1) is 23.0 Å². The Labute approximate surface area is 187 Å². The Morgan fingerprint density at radius 2 is 1.94 bits per heavy atom. The summed E-state index contributed by atoms with van der Waals surface area (Å²) in [5, 5.41) is 7.23. The number of hydrogen-bond donors (Lipinski definition) is 2. The second kappa shape index (κ2) is 8.82. The minimum atomic E-state index is -0.517. The Morgan fingerprint density at radius 3 is 2.69 bits per heavy atom. The van der Waals surface area contributed by atoms with Crippen molar-refractivity contribution >= 4 is 34.3 Å². The van der Waals surface area contributed by atoms with E-state index >= 15 is 0 Å². The topological polar surface area (TPSA) is 96.5 Å². The largest absolute Gasteiger partial charge is 0.444 e. The van der Waals surface area contributed by atoms with E-state index in [-0.39, 0.29) is 18.0 Å².